The highest BCUT2D eigenvalue weighted by Gasteiger charge is 2.31. The van der Waals surface area contributed by atoms with Crippen LogP contribution >= 0.6 is 0 Å². The fourth-order valence-electron chi connectivity index (χ4n) is 4.09. The number of piperazine rings is 1. The van der Waals surface area contributed by atoms with E-state index >= 15 is 0 Å². The summed E-state index contributed by atoms with van der Waals surface area (Å²) in [5.41, 5.74) is 0.597. The van der Waals surface area contributed by atoms with Crippen LogP contribution in [0.2, 0.25) is 0 Å². The molecule has 2 N–H and O–H groups in total. The Morgan fingerprint density at radius 1 is 1.08 bits per heavy atom. The Kier molecular flexibility index (Phi) is 7.47. The largest absolute Gasteiger partial charge is 0.496 e. The molecule has 1 aliphatic heterocycles. The van der Waals surface area contributed by atoms with Crippen molar-refractivity contribution in [3.63, 3.8) is 0 Å². The van der Waals surface area contributed by atoms with Crippen molar-refractivity contribution in [1.29, 1.82) is 0 Å². The topological polar surface area (TPSA) is 142 Å². The molecule has 4 rings (SSSR count). The van der Waals surface area contributed by atoms with Crippen molar-refractivity contribution in [2.45, 2.75) is 18.9 Å². The first-order valence-corrected chi connectivity index (χ1v) is 11.5. The maximum atomic E-state index is 13.3. The second kappa shape index (κ2) is 10.9. The smallest absolute Gasteiger partial charge is 0.303 e. The van der Waals surface area contributed by atoms with Gasteiger partial charge in [0, 0.05) is 44.1 Å². The number of nitrogens with one attached hydrogen (secondary N) is 1. The first-order valence-electron chi connectivity index (χ1n) is 11.5. The van der Waals surface area contributed by atoms with E-state index < -0.39 is 23.8 Å². The lowest BCUT2D eigenvalue weighted by Crippen LogP contribution is -2.56. The molecule has 1 aliphatic rings. The predicted molar refractivity (Wildman–Crippen MR) is 128 cm³/mol. The number of furan rings is 1. The van der Waals surface area contributed by atoms with E-state index in [2.05, 4.69) is 10.3 Å². The van der Waals surface area contributed by atoms with Crippen LogP contribution in [0.25, 0.3) is 10.9 Å². The Morgan fingerprint density at radius 3 is 2.47 bits per heavy atom. The second-order valence-electron chi connectivity index (χ2n) is 8.28. The number of fused-ring (bicyclic) bond motifs is 1. The molecule has 3 aromatic rings. The zero-order chi connectivity index (χ0) is 25.7. The molecule has 0 radical (unpaired) electrons. The molecule has 0 saturated carbocycles. The Bertz CT molecular complexity index is 1270. The van der Waals surface area contributed by atoms with Crippen LogP contribution in [0.5, 0.6) is 5.75 Å². The van der Waals surface area contributed by atoms with E-state index in [0.29, 0.717) is 11.3 Å². The number of para-hydroxylation sites is 1. The number of hydrogen-bond acceptors (Lipinski definition) is 7. The molecule has 1 saturated heterocycles. The van der Waals surface area contributed by atoms with Crippen LogP contribution in [0.3, 0.4) is 0 Å². The molecule has 11 nitrogen and oxygen atoms in total. The zero-order valence-electron chi connectivity index (χ0n) is 19.7. The maximum Gasteiger partial charge on any atom is 0.303 e. The number of ether oxygens (including phenoxy) is 1. The highest BCUT2D eigenvalue weighted by Crippen LogP contribution is 2.25. The quantitative estimate of drug-likeness (QED) is 0.483. The summed E-state index contributed by atoms with van der Waals surface area (Å²) in [5, 5.41) is 12.5. The van der Waals surface area contributed by atoms with E-state index in [1.807, 2.05) is 12.1 Å². The average Bonchev–Trinajstić information content (AvgIpc) is 3.44. The molecule has 3 amide bonds. The lowest BCUT2D eigenvalue weighted by molar-refractivity contribution is -0.138. The summed E-state index contributed by atoms with van der Waals surface area (Å²) in [4.78, 5) is 57.5. The van der Waals surface area contributed by atoms with E-state index in [0.717, 1.165) is 5.39 Å². The van der Waals surface area contributed by atoms with Crippen LogP contribution in [0.15, 0.2) is 53.1 Å². The number of aliphatic carboxylic acids is 1. The molecule has 1 aromatic carbocycles. The molecule has 188 valence electrons. The third-order valence-corrected chi connectivity index (χ3v) is 5.99. The monoisotopic (exact) mass is 494 g/mol. The summed E-state index contributed by atoms with van der Waals surface area (Å²) in [5.74, 6) is -1.70. The van der Waals surface area contributed by atoms with Crippen LogP contribution in [0, 0.1) is 0 Å². The number of hydrogen-bond donors (Lipinski definition) is 2. The van der Waals surface area contributed by atoms with Crippen molar-refractivity contribution in [3.05, 3.63) is 60.2 Å². The molecule has 36 heavy (non-hydrogen) atoms. The molecule has 1 atom stereocenters. The second-order valence-corrected chi connectivity index (χ2v) is 8.28. The molecule has 2 aromatic heterocycles. The van der Waals surface area contributed by atoms with Crippen molar-refractivity contribution < 1.29 is 33.4 Å². The maximum absolute atomic E-state index is 13.3. The molecular formula is C25H26N4O7. The lowest BCUT2D eigenvalue weighted by atomic mass is 10.1. The number of rotatable bonds is 8. The Hall–Kier alpha value is -4.41. The van der Waals surface area contributed by atoms with Gasteiger partial charge in [-0.1, -0.05) is 12.1 Å². The van der Waals surface area contributed by atoms with Crippen LogP contribution in [0.4, 0.5) is 0 Å². The molecule has 11 heteroatoms. The predicted octanol–water partition coefficient (Wildman–Crippen LogP) is 1.78. The SMILES string of the molecule is COc1cc(C(=O)NC(CCC(=O)O)C(=O)N2CCN(C(=O)c3ccco3)CC2)nc2ccccc12. The standard InChI is InChI=1S/C25H26N4O7/c1-35-21-15-19(26-17-6-3-2-5-16(17)21)23(32)27-18(8-9-22(30)31)24(33)28-10-12-29(13-11-28)25(34)20-7-4-14-36-20/h2-7,14-15,18H,8-13H2,1H3,(H,27,32)(H,30,31). The first-order chi connectivity index (χ1) is 17.4. The number of benzene rings is 1. The van der Waals surface area contributed by atoms with Gasteiger partial charge in [0.1, 0.15) is 17.5 Å². The number of carbonyl (C=O) groups is 4. The van der Waals surface area contributed by atoms with Crippen molar-refractivity contribution in [2.24, 2.45) is 0 Å². The Labute approximate surface area is 206 Å². The third kappa shape index (κ3) is 5.45. The van der Waals surface area contributed by atoms with Gasteiger partial charge in [0.15, 0.2) is 5.76 Å². The first kappa shape index (κ1) is 24.7. The summed E-state index contributed by atoms with van der Waals surface area (Å²) in [6.45, 7) is 1.06. The molecule has 0 bridgehead atoms. The Morgan fingerprint density at radius 2 is 1.81 bits per heavy atom. The number of carbonyl (C=O) groups excluding carboxylic acids is 3. The van der Waals surface area contributed by atoms with Gasteiger partial charge < -0.3 is 29.4 Å². The van der Waals surface area contributed by atoms with Crippen LogP contribution in [0.1, 0.15) is 33.9 Å². The van der Waals surface area contributed by atoms with Gasteiger partial charge in [-0.3, -0.25) is 19.2 Å². The molecule has 1 fully saturated rings. The fraction of sp³-hybridized carbons (Fsp3) is 0.320. The number of aromatic nitrogens is 1. The molecule has 0 aliphatic carbocycles. The van der Waals surface area contributed by atoms with Gasteiger partial charge in [-0.15, -0.1) is 0 Å². The fourth-order valence-corrected chi connectivity index (χ4v) is 4.09. The molecule has 3 heterocycles. The third-order valence-electron chi connectivity index (χ3n) is 5.99. The van der Waals surface area contributed by atoms with Crippen LogP contribution in [-0.4, -0.2) is 82.9 Å². The van der Waals surface area contributed by atoms with Gasteiger partial charge in [0.25, 0.3) is 11.8 Å². The lowest BCUT2D eigenvalue weighted by Gasteiger charge is -2.36. The van der Waals surface area contributed by atoms with Crippen LogP contribution in [-0.2, 0) is 9.59 Å². The van der Waals surface area contributed by atoms with E-state index in [-0.39, 0.29) is 56.4 Å². The van der Waals surface area contributed by atoms with Crippen LogP contribution < -0.4 is 10.1 Å². The summed E-state index contributed by atoms with van der Waals surface area (Å²) in [6.07, 6.45) is 1.03. The number of carboxylic acid groups (broad SMARTS) is 1. The van der Waals surface area contributed by atoms with Crippen molar-refractivity contribution >= 4 is 34.6 Å². The number of pyridine rings is 1. The molecule has 1 unspecified atom stereocenters. The van der Waals surface area contributed by atoms with Gasteiger partial charge in [-0.2, -0.15) is 0 Å². The highest BCUT2D eigenvalue weighted by atomic mass is 16.5. The van der Waals surface area contributed by atoms with Gasteiger partial charge in [0.05, 0.1) is 18.9 Å². The Balaban J connectivity index is 1.46. The van der Waals surface area contributed by atoms with Gasteiger partial charge >= 0.3 is 5.97 Å². The summed E-state index contributed by atoms with van der Waals surface area (Å²) in [7, 11) is 1.49. The molecular weight excluding hydrogens is 468 g/mol. The summed E-state index contributed by atoms with van der Waals surface area (Å²) in [6, 6.07) is 10.8. The summed E-state index contributed by atoms with van der Waals surface area (Å²) < 4.78 is 10.5. The molecule has 0 spiro atoms. The number of nitrogens with zero attached hydrogens (tertiary/aromatic N) is 3. The van der Waals surface area contributed by atoms with E-state index in [9.17, 15) is 19.2 Å². The van der Waals surface area contributed by atoms with E-state index in [4.69, 9.17) is 14.3 Å². The van der Waals surface area contributed by atoms with Gasteiger partial charge in [0.2, 0.25) is 5.91 Å². The van der Waals surface area contributed by atoms with E-state index in [1.54, 1.807) is 29.2 Å². The van der Waals surface area contributed by atoms with Gasteiger partial charge in [-0.05, 0) is 30.7 Å². The minimum Gasteiger partial charge on any atom is -0.496 e. The van der Waals surface area contributed by atoms with Crippen molar-refractivity contribution in [2.75, 3.05) is 33.3 Å². The number of amides is 3. The summed E-state index contributed by atoms with van der Waals surface area (Å²) >= 11 is 0. The van der Waals surface area contributed by atoms with Crippen molar-refractivity contribution in [1.82, 2.24) is 20.1 Å². The highest BCUT2D eigenvalue weighted by molar-refractivity contribution is 5.99. The van der Waals surface area contributed by atoms with Gasteiger partial charge in [-0.25, -0.2) is 4.98 Å². The van der Waals surface area contributed by atoms with Crippen molar-refractivity contribution in [3.8, 4) is 5.75 Å². The average molecular weight is 495 g/mol. The normalized spacial score (nSPS) is 14.4. The minimum atomic E-state index is -1.08. The number of methoxy groups -OCH3 is 1. The number of carboxylic acids is 1. The van der Waals surface area contributed by atoms with E-state index in [1.165, 1.54) is 24.3 Å². The zero-order valence-corrected chi connectivity index (χ0v) is 19.7. The minimum absolute atomic E-state index is 0.0486.